The van der Waals surface area contributed by atoms with Gasteiger partial charge in [0.2, 0.25) is 0 Å². The lowest BCUT2D eigenvalue weighted by atomic mass is 10.4. The number of hydrogen-bond acceptors (Lipinski definition) is 1. The largest absolute Gasteiger partial charge is 0.373 e. The fourth-order valence-corrected chi connectivity index (χ4v) is 4.48. The Morgan fingerprint density at radius 1 is 0.652 bits per heavy atom. The average molecular weight is 387 g/mol. The fourth-order valence-electron chi connectivity index (χ4n) is 2.18. The Balaban J connectivity index is 0.000000433. The Morgan fingerprint density at radius 3 is 1.13 bits per heavy atom. The lowest BCUT2D eigenvalue weighted by Gasteiger charge is -2.18. The molecule has 3 aromatic rings. The van der Waals surface area contributed by atoms with E-state index < -0.39 is 7.92 Å². The van der Waals surface area contributed by atoms with Crippen molar-refractivity contribution in [2.24, 2.45) is 0 Å². The number of ether oxygens (including phenoxy) is 1. The standard InChI is InChI=1S/C18H15P.C2H5BrO/c1-4-10-16(11-5-1)19(17-12-6-2-7-13-17)18-14-8-3-9-15-18;1-4-2-3/h1-15H;2H2,1H3. The molecule has 0 saturated carbocycles. The second-order valence-electron chi connectivity index (χ2n) is 4.74. The van der Waals surface area contributed by atoms with E-state index in [9.17, 15) is 0 Å². The number of hydrogen-bond donors (Lipinski definition) is 0. The molecule has 1 nitrogen and oxygen atoms in total. The van der Waals surface area contributed by atoms with Crippen molar-refractivity contribution in [3.05, 3.63) is 91.0 Å². The second kappa shape index (κ2) is 10.3. The van der Waals surface area contributed by atoms with Crippen LogP contribution in [0, 0.1) is 0 Å². The van der Waals surface area contributed by atoms with Crippen LogP contribution in [0.2, 0.25) is 0 Å². The zero-order valence-corrected chi connectivity index (χ0v) is 15.6. The van der Waals surface area contributed by atoms with Crippen molar-refractivity contribution in [1.29, 1.82) is 0 Å². The van der Waals surface area contributed by atoms with Gasteiger partial charge in [-0.25, -0.2) is 0 Å². The summed E-state index contributed by atoms with van der Waals surface area (Å²) in [6, 6.07) is 32.3. The molecule has 0 N–H and O–H groups in total. The zero-order valence-electron chi connectivity index (χ0n) is 13.1. The molecule has 0 radical (unpaired) electrons. The molecule has 0 aliphatic carbocycles. The number of methoxy groups -OCH3 is 1. The molecule has 0 fully saturated rings. The second-order valence-corrected chi connectivity index (χ2v) is 7.42. The highest BCUT2D eigenvalue weighted by Crippen LogP contribution is 2.32. The van der Waals surface area contributed by atoms with E-state index in [4.69, 9.17) is 0 Å². The molecule has 0 atom stereocenters. The maximum Gasteiger partial charge on any atom is 0.101 e. The molecule has 0 unspecified atom stereocenters. The van der Waals surface area contributed by atoms with Crippen LogP contribution in [0.3, 0.4) is 0 Å². The van der Waals surface area contributed by atoms with Crippen molar-refractivity contribution in [2.45, 2.75) is 0 Å². The highest BCUT2D eigenvalue weighted by atomic mass is 79.9. The molecular weight excluding hydrogens is 367 g/mol. The van der Waals surface area contributed by atoms with E-state index in [1.807, 2.05) is 0 Å². The van der Waals surface area contributed by atoms with E-state index in [0.717, 1.165) is 0 Å². The van der Waals surface area contributed by atoms with Crippen molar-refractivity contribution < 1.29 is 4.74 Å². The lowest BCUT2D eigenvalue weighted by molar-refractivity contribution is 0.263. The van der Waals surface area contributed by atoms with E-state index in [1.165, 1.54) is 15.9 Å². The first-order valence-electron chi connectivity index (χ1n) is 7.37. The molecule has 0 aliphatic heterocycles. The van der Waals surface area contributed by atoms with E-state index in [0.29, 0.717) is 5.52 Å². The molecule has 0 saturated heterocycles. The summed E-state index contributed by atoms with van der Waals surface area (Å²) in [5.41, 5.74) is 0.632. The third-order valence-corrected chi connectivity index (χ3v) is 6.05. The quantitative estimate of drug-likeness (QED) is 0.476. The molecule has 0 aliphatic rings. The summed E-state index contributed by atoms with van der Waals surface area (Å²) in [4.78, 5) is 0. The van der Waals surface area contributed by atoms with Gasteiger partial charge in [0.25, 0.3) is 0 Å². The lowest BCUT2D eigenvalue weighted by Crippen LogP contribution is -2.20. The highest BCUT2D eigenvalue weighted by Gasteiger charge is 2.14. The van der Waals surface area contributed by atoms with Crippen molar-refractivity contribution in [1.82, 2.24) is 0 Å². The van der Waals surface area contributed by atoms with Gasteiger partial charge in [-0.2, -0.15) is 0 Å². The monoisotopic (exact) mass is 386 g/mol. The predicted octanol–water partition coefficient (Wildman–Crippen LogP) is 4.43. The van der Waals surface area contributed by atoms with Gasteiger partial charge in [0.05, 0.1) is 0 Å². The van der Waals surface area contributed by atoms with Gasteiger partial charge in [-0.05, 0) is 23.8 Å². The van der Waals surface area contributed by atoms with Crippen molar-refractivity contribution in [2.75, 3.05) is 12.6 Å². The number of benzene rings is 3. The van der Waals surface area contributed by atoms with Crippen LogP contribution in [0.1, 0.15) is 0 Å². The maximum absolute atomic E-state index is 4.46. The molecular formula is C20H20BrOP. The summed E-state index contributed by atoms with van der Waals surface area (Å²) in [6.07, 6.45) is 0. The van der Waals surface area contributed by atoms with E-state index in [1.54, 1.807) is 7.11 Å². The topological polar surface area (TPSA) is 9.23 Å². The summed E-state index contributed by atoms with van der Waals surface area (Å²) < 4.78 is 4.46. The molecule has 0 amide bonds. The summed E-state index contributed by atoms with van der Waals surface area (Å²) in [5.74, 6) is 0. The van der Waals surface area contributed by atoms with Gasteiger partial charge in [-0.15, -0.1) is 0 Å². The summed E-state index contributed by atoms with van der Waals surface area (Å²) in [5, 5.41) is 4.19. The molecule has 0 heterocycles. The average Bonchev–Trinajstić information content (AvgIpc) is 2.65. The first kappa shape index (κ1) is 17.9. The zero-order chi connectivity index (χ0) is 16.3. The molecule has 23 heavy (non-hydrogen) atoms. The van der Waals surface area contributed by atoms with Gasteiger partial charge in [-0.3, -0.25) is 0 Å². The number of alkyl halides is 1. The van der Waals surface area contributed by atoms with Crippen LogP contribution in [0.5, 0.6) is 0 Å². The van der Waals surface area contributed by atoms with E-state index in [-0.39, 0.29) is 0 Å². The summed E-state index contributed by atoms with van der Waals surface area (Å²) in [6.45, 7) is 0. The minimum absolute atomic E-state index is 0.446. The minimum Gasteiger partial charge on any atom is -0.373 e. The van der Waals surface area contributed by atoms with Crippen molar-refractivity contribution >= 4 is 39.8 Å². The highest BCUT2D eigenvalue weighted by molar-refractivity contribution is 9.09. The molecule has 0 bridgehead atoms. The minimum atomic E-state index is -0.446. The first-order chi connectivity index (χ1) is 11.4. The van der Waals surface area contributed by atoms with Crippen LogP contribution in [0.25, 0.3) is 0 Å². The fraction of sp³-hybridized carbons (Fsp3) is 0.100. The molecule has 0 aromatic heterocycles. The Labute approximate surface area is 148 Å². The van der Waals surface area contributed by atoms with Crippen LogP contribution in [0.15, 0.2) is 91.0 Å². The van der Waals surface area contributed by atoms with Crippen LogP contribution in [-0.2, 0) is 4.74 Å². The first-order valence-corrected chi connectivity index (χ1v) is 9.83. The van der Waals surface area contributed by atoms with E-state index in [2.05, 4.69) is 112 Å². The normalized spacial score (nSPS) is 10.0. The van der Waals surface area contributed by atoms with Gasteiger partial charge >= 0.3 is 0 Å². The van der Waals surface area contributed by atoms with Gasteiger partial charge in [0.1, 0.15) is 5.52 Å². The third kappa shape index (κ3) is 5.58. The third-order valence-electron chi connectivity index (χ3n) is 3.15. The van der Waals surface area contributed by atoms with Crippen LogP contribution in [-0.4, -0.2) is 12.6 Å². The summed E-state index contributed by atoms with van der Waals surface area (Å²) >= 11 is 3.03. The Morgan fingerprint density at radius 2 is 0.913 bits per heavy atom. The maximum atomic E-state index is 4.46. The Bertz CT molecular complexity index is 563. The number of rotatable bonds is 4. The summed E-state index contributed by atoms with van der Waals surface area (Å²) in [7, 11) is 1.19. The Hall–Kier alpha value is -1.47. The SMILES string of the molecule is COCBr.c1ccc(P(c2ccccc2)c2ccccc2)cc1. The molecule has 118 valence electrons. The van der Waals surface area contributed by atoms with Crippen LogP contribution in [0.4, 0.5) is 0 Å². The van der Waals surface area contributed by atoms with E-state index >= 15 is 0 Å². The predicted molar refractivity (Wildman–Crippen MR) is 106 cm³/mol. The van der Waals surface area contributed by atoms with Gasteiger partial charge < -0.3 is 4.74 Å². The van der Waals surface area contributed by atoms with Crippen LogP contribution < -0.4 is 15.9 Å². The van der Waals surface area contributed by atoms with Crippen molar-refractivity contribution in [3.8, 4) is 0 Å². The molecule has 3 heteroatoms. The number of halogens is 1. The molecule has 3 rings (SSSR count). The molecule has 3 aromatic carbocycles. The van der Waals surface area contributed by atoms with Gasteiger partial charge in [0.15, 0.2) is 0 Å². The van der Waals surface area contributed by atoms with Crippen molar-refractivity contribution in [3.63, 3.8) is 0 Å². The Kier molecular flexibility index (Phi) is 8.03. The van der Waals surface area contributed by atoms with Gasteiger partial charge in [0, 0.05) is 7.11 Å². The van der Waals surface area contributed by atoms with Gasteiger partial charge in [-0.1, -0.05) is 107 Å². The molecule has 0 spiro atoms. The van der Waals surface area contributed by atoms with Crippen LogP contribution >= 0.6 is 23.9 Å². The smallest absolute Gasteiger partial charge is 0.101 e.